The van der Waals surface area contributed by atoms with Crippen LogP contribution in [0.15, 0.2) is 15.7 Å². The smallest absolute Gasteiger partial charge is 0.267 e. The van der Waals surface area contributed by atoms with E-state index < -0.39 is 0 Å². The summed E-state index contributed by atoms with van der Waals surface area (Å²) in [6.45, 7) is 2.06. The molecule has 0 atom stereocenters. The summed E-state index contributed by atoms with van der Waals surface area (Å²) in [4.78, 5) is 22.5. The molecule has 1 aliphatic rings. The van der Waals surface area contributed by atoms with Gasteiger partial charge in [-0.3, -0.25) is 9.59 Å². The van der Waals surface area contributed by atoms with Crippen molar-refractivity contribution in [1.29, 1.82) is 0 Å². The van der Waals surface area contributed by atoms with Crippen molar-refractivity contribution in [2.45, 2.75) is 26.3 Å². The van der Waals surface area contributed by atoms with Gasteiger partial charge in [-0.25, -0.2) is 5.43 Å². The molecule has 17 heavy (non-hydrogen) atoms. The molecule has 7 heteroatoms. The Hall–Kier alpha value is -2.18. The predicted octanol–water partition coefficient (Wildman–Crippen LogP) is -0.135. The summed E-state index contributed by atoms with van der Waals surface area (Å²) in [5.41, 5.74) is 3.24. The fraction of sp³-hybridized carbons (Fsp3) is 0.400. The van der Waals surface area contributed by atoms with Gasteiger partial charge in [0.1, 0.15) is 17.2 Å². The monoisotopic (exact) mass is 236 g/mol. The molecular formula is C10H12N4O3. The van der Waals surface area contributed by atoms with Gasteiger partial charge in [0.05, 0.1) is 6.54 Å². The zero-order chi connectivity index (χ0) is 12.3. The van der Waals surface area contributed by atoms with Gasteiger partial charge in [0.15, 0.2) is 0 Å². The number of nitrogens with zero attached hydrogens (tertiary/aromatic N) is 2. The van der Waals surface area contributed by atoms with Crippen LogP contribution in [-0.2, 0) is 16.1 Å². The minimum atomic E-state index is -0.300. The minimum absolute atomic E-state index is 0.173. The Morgan fingerprint density at radius 3 is 3.00 bits per heavy atom. The largest absolute Gasteiger partial charge is 0.361 e. The van der Waals surface area contributed by atoms with Crippen molar-refractivity contribution < 1.29 is 14.1 Å². The maximum atomic E-state index is 11.6. The van der Waals surface area contributed by atoms with Gasteiger partial charge >= 0.3 is 0 Å². The van der Waals surface area contributed by atoms with Crippen LogP contribution in [0.25, 0.3) is 0 Å². The fourth-order valence-corrected chi connectivity index (χ4v) is 1.41. The summed E-state index contributed by atoms with van der Waals surface area (Å²) >= 11 is 0. The topological polar surface area (TPSA) is 96.6 Å². The first-order valence-corrected chi connectivity index (χ1v) is 5.21. The van der Waals surface area contributed by atoms with Gasteiger partial charge in [-0.1, -0.05) is 5.16 Å². The molecule has 0 unspecified atom stereocenters. The van der Waals surface area contributed by atoms with Crippen LogP contribution in [-0.4, -0.2) is 22.7 Å². The Bertz CT molecular complexity index is 478. The molecule has 2 heterocycles. The predicted molar refractivity (Wildman–Crippen MR) is 57.9 cm³/mol. The van der Waals surface area contributed by atoms with Crippen LogP contribution in [0.3, 0.4) is 0 Å². The van der Waals surface area contributed by atoms with Gasteiger partial charge < -0.3 is 9.84 Å². The van der Waals surface area contributed by atoms with Crippen LogP contribution >= 0.6 is 0 Å². The normalized spacial score (nSPS) is 15.1. The number of amides is 2. The van der Waals surface area contributed by atoms with E-state index in [1.54, 1.807) is 13.0 Å². The average molecular weight is 236 g/mol. The number of aromatic nitrogens is 1. The van der Waals surface area contributed by atoms with E-state index in [1.807, 2.05) is 0 Å². The molecule has 0 radical (unpaired) electrons. The molecule has 1 aromatic heterocycles. The van der Waals surface area contributed by atoms with E-state index in [4.69, 9.17) is 4.52 Å². The van der Waals surface area contributed by atoms with E-state index in [0.717, 1.165) is 0 Å². The maximum absolute atomic E-state index is 11.6. The number of hydrazone groups is 1. The van der Waals surface area contributed by atoms with Crippen LogP contribution in [0.4, 0.5) is 0 Å². The van der Waals surface area contributed by atoms with E-state index in [9.17, 15) is 9.59 Å². The fourth-order valence-electron chi connectivity index (χ4n) is 1.41. The second-order valence-electron chi connectivity index (χ2n) is 3.71. The number of carbonyl (C=O) groups is 2. The molecule has 7 nitrogen and oxygen atoms in total. The lowest BCUT2D eigenvalue weighted by molar-refractivity contribution is -0.121. The SMILES string of the molecule is Cc1cc(CNC(=O)C2=NNC(=O)CC2)no1. The third-order valence-corrected chi connectivity index (χ3v) is 2.27. The number of hydrogen-bond donors (Lipinski definition) is 2. The standard InChI is InChI=1S/C10H12N4O3/c1-6-4-7(14-17-6)5-11-10(16)8-2-3-9(15)13-12-8/h4H,2-3,5H2,1H3,(H,11,16)(H,13,15). The van der Waals surface area contributed by atoms with Crippen molar-refractivity contribution in [2.75, 3.05) is 0 Å². The zero-order valence-electron chi connectivity index (χ0n) is 9.32. The Balaban J connectivity index is 1.87. The van der Waals surface area contributed by atoms with Crippen molar-refractivity contribution in [3.63, 3.8) is 0 Å². The highest BCUT2D eigenvalue weighted by molar-refractivity contribution is 6.39. The molecule has 2 rings (SSSR count). The lowest BCUT2D eigenvalue weighted by atomic mass is 10.1. The lowest BCUT2D eigenvalue weighted by Crippen LogP contribution is -2.36. The molecule has 1 aliphatic heterocycles. The third-order valence-electron chi connectivity index (χ3n) is 2.27. The van der Waals surface area contributed by atoms with E-state index in [2.05, 4.69) is 21.0 Å². The van der Waals surface area contributed by atoms with Gasteiger partial charge in [0, 0.05) is 18.9 Å². The van der Waals surface area contributed by atoms with Crippen LogP contribution in [0.2, 0.25) is 0 Å². The molecule has 0 saturated heterocycles. The summed E-state index contributed by atoms with van der Waals surface area (Å²) in [6.07, 6.45) is 0.644. The third kappa shape index (κ3) is 2.90. The van der Waals surface area contributed by atoms with Crippen LogP contribution < -0.4 is 10.7 Å². The number of nitrogens with one attached hydrogen (secondary N) is 2. The molecule has 0 spiro atoms. The summed E-state index contributed by atoms with van der Waals surface area (Å²) in [5.74, 6) is 0.218. The summed E-state index contributed by atoms with van der Waals surface area (Å²) in [6, 6.07) is 1.74. The lowest BCUT2D eigenvalue weighted by Gasteiger charge is -2.11. The highest BCUT2D eigenvalue weighted by atomic mass is 16.5. The van der Waals surface area contributed by atoms with E-state index in [1.165, 1.54) is 0 Å². The molecule has 2 N–H and O–H groups in total. The highest BCUT2D eigenvalue weighted by Gasteiger charge is 2.18. The molecule has 0 fully saturated rings. The molecule has 0 aromatic carbocycles. The average Bonchev–Trinajstić information content (AvgIpc) is 2.73. The number of carbonyl (C=O) groups excluding carboxylic acids is 2. The number of aryl methyl sites for hydroxylation is 1. The first-order chi connectivity index (χ1) is 8.15. The molecule has 0 bridgehead atoms. The quantitative estimate of drug-likeness (QED) is 0.763. The van der Waals surface area contributed by atoms with Crippen molar-refractivity contribution in [1.82, 2.24) is 15.9 Å². The highest BCUT2D eigenvalue weighted by Crippen LogP contribution is 2.02. The number of rotatable bonds is 3. The zero-order valence-corrected chi connectivity index (χ0v) is 9.32. The summed E-state index contributed by atoms with van der Waals surface area (Å²) < 4.78 is 4.87. The van der Waals surface area contributed by atoms with Crippen LogP contribution in [0.1, 0.15) is 24.3 Å². The Morgan fingerprint density at radius 2 is 2.41 bits per heavy atom. The molecule has 90 valence electrons. The van der Waals surface area contributed by atoms with Gasteiger partial charge in [-0.05, 0) is 6.92 Å². The summed E-state index contributed by atoms with van der Waals surface area (Å²) in [5, 5.41) is 10.1. The Kier molecular flexibility index (Phi) is 3.17. The molecular weight excluding hydrogens is 224 g/mol. The van der Waals surface area contributed by atoms with E-state index in [0.29, 0.717) is 23.6 Å². The van der Waals surface area contributed by atoms with Gasteiger partial charge in [0.25, 0.3) is 5.91 Å². The molecule has 0 aliphatic carbocycles. The summed E-state index contributed by atoms with van der Waals surface area (Å²) in [7, 11) is 0. The van der Waals surface area contributed by atoms with Crippen molar-refractivity contribution in [3.05, 3.63) is 17.5 Å². The van der Waals surface area contributed by atoms with E-state index >= 15 is 0 Å². The first-order valence-electron chi connectivity index (χ1n) is 5.21. The van der Waals surface area contributed by atoms with Crippen LogP contribution in [0.5, 0.6) is 0 Å². The Morgan fingerprint density at radius 1 is 1.59 bits per heavy atom. The van der Waals surface area contributed by atoms with Crippen molar-refractivity contribution in [2.24, 2.45) is 5.10 Å². The van der Waals surface area contributed by atoms with Crippen molar-refractivity contribution in [3.8, 4) is 0 Å². The second-order valence-corrected chi connectivity index (χ2v) is 3.71. The minimum Gasteiger partial charge on any atom is -0.361 e. The molecule has 2 amide bonds. The van der Waals surface area contributed by atoms with E-state index in [-0.39, 0.29) is 24.8 Å². The second kappa shape index (κ2) is 4.77. The van der Waals surface area contributed by atoms with Crippen LogP contribution in [0, 0.1) is 6.92 Å². The molecule has 1 aromatic rings. The van der Waals surface area contributed by atoms with Crippen molar-refractivity contribution >= 4 is 17.5 Å². The number of hydrogen-bond acceptors (Lipinski definition) is 5. The molecule has 0 saturated carbocycles. The van der Waals surface area contributed by atoms with Gasteiger partial charge in [0.2, 0.25) is 5.91 Å². The van der Waals surface area contributed by atoms with Gasteiger partial charge in [-0.2, -0.15) is 5.10 Å². The van der Waals surface area contributed by atoms with Gasteiger partial charge in [-0.15, -0.1) is 0 Å². The Labute approximate surface area is 97.2 Å². The maximum Gasteiger partial charge on any atom is 0.267 e. The first kappa shape index (κ1) is 11.3.